The number of anilines is 1. The van der Waals surface area contributed by atoms with Crippen LogP contribution < -0.4 is 4.90 Å². The van der Waals surface area contributed by atoms with E-state index in [-0.39, 0.29) is 0 Å². The van der Waals surface area contributed by atoms with Gasteiger partial charge in [0.2, 0.25) is 6.08 Å². The van der Waals surface area contributed by atoms with Crippen LogP contribution in [0.1, 0.15) is 13.8 Å². The molecular formula is C10H13N3O. The molecule has 0 amide bonds. The van der Waals surface area contributed by atoms with Crippen LogP contribution in [0.15, 0.2) is 23.3 Å². The van der Waals surface area contributed by atoms with Crippen LogP contribution >= 0.6 is 0 Å². The maximum absolute atomic E-state index is 10.1. The Hall–Kier alpha value is -1.67. The summed E-state index contributed by atoms with van der Waals surface area (Å²) in [7, 11) is 1.95. The van der Waals surface area contributed by atoms with E-state index in [1.54, 1.807) is 18.3 Å². The highest BCUT2D eigenvalue weighted by Crippen LogP contribution is 2.18. The monoisotopic (exact) mass is 191 g/mol. The predicted molar refractivity (Wildman–Crippen MR) is 55.6 cm³/mol. The second-order valence-electron chi connectivity index (χ2n) is 3.28. The lowest BCUT2D eigenvalue weighted by Gasteiger charge is -2.22. The van der Waals surface area contributed by atoms with Crippen molar-refractivity contribution in [1.29, 1.82) is 0 Å². The van der Waals surface area contributed by atoms with Gasteiger partial charge in [0.25, 0.3) is 0 Å². The van der Waals surface area contributed by atoms with E-state index in [2.05, 4.69) is 23.8 Å². The Labute approximate surface area is 83.3 Å². The summed E-state index contributed by atoms with van der Waals surface area (Å²) >= 11 is 0. The van der Waals surface area contributed by atoms with Gasteiger partial charge in [-0.3, -0.25) is 0 Å². The Bertz CT molecular complexity index is 356. The molecule has 0 N–H and O–H groups in total. The van der Waals surface area contributed by atoms with E-state index < -0.39 is 0 Å². The molecule has 0 fully saturated rings. The first kappa shape index (κ1) is 10.4. The van der Waals surface area contributed by atoms with Gasteiger partial charge in [0.15, 0.2) is 0 Å². The zero-order valence-corrected chi connectivity index (χ0v) is 8.56. The van der Waals surface area contributed by atoms with Gasteiger partial charge >= 0.3 is 0 Å². The molecule has 0 aliphatic heterocycles. The van der Waals surface area contributed by atoms with Crippen LogP contribution in [0.5, 0.6) is 0 Å². The molecule has 0 bridgehead atoms. The predicted octanol–water partition coefficient (Wildman–Crippen LogP) is 1.89. The minimum absolute atomic E-state index is 0.359. The van der Waals surface area contributed by atoms with Crippen molar-refractivity contribution in [3.63, 3.8) is 0 Å². The van der Waals surface area contributed by atoms with E-state index in [9.17, 15) is 4.79 Å². The molecule has 0 spiro atoms. The van der Waals surface area contributed by atoms with E-state index in [1.807, 2.05) is 11.9 Å². The van der Waals surface area contributed by atoms with Crippen LogP contribution in [-0.4, -0.2) is 24.2 Å². The molecule has 4 heteroatoms. The van der Waals surface area contributed by atoms with Crippen LogP contribution in [-0.2, 0) is 4.79 Å². The summed E-state index contributed by atoms with van der Waals surface area (Å²) in [6, 6.07) is 3.78. The average Bonchev–Trinajstić information content (AvgIpc) is 2.17. The number of hydrogen-bond acceptors (Lipinski definition) is 4. The lowest BCUT2D eigenvalue weighted by atomic mass is 10.3. The molecule has 0 aliphatic rings. The minimum Gasteiger partial charge on any atom is -0.357 e. The van der Waals surface area contributed by atoms with Gasteiger partial charge in [-0.25, -0.2) is 9.78 Å². The third-order valence-corrected chi connectivity index (χ3v) is 2.04. The first-order valence-corrected chi connectivity index (χ1v) is 4.42. The van der Waals surface area contributed by atoms with Crippen LogP contribution in [0.25, 0.3) is 0 Å². The molecule has 0 aliphatic carbocycles. The maximum Gasteiger partial charge on any atom is 0.240 e. The summed E-state index contributed by atoms with van der Waals surface area (Å²) in [6.07, 6.45) is 3.14. The van der Waals surface area contributed by atoms with Gasteiger partial charge in [-0.15, -0.1) is 0 Å². The van der Waals surface area contributed by atoms with E-state index in [4.69, 9.17) is 0 Å². The smallest absolute Gasteiger partial charge is 0.240 e. The maximum atomic E-state index is 10.1. The van der Waals surface area contributed by atoms with Crippen molar-refractivity contribution in [3.05, 3.63) is 18.3 Å². The van der Waals surface area contributed by atoms with Gasteiger partial charge in [-0.2, -0.15) is 4.99 Å². The zero-order valence-electron chi connectivity index (χ0n) is 8.56. The summed E-state index contributed by atoms with van der Waals surface area (Å²) in [5.74, 6) is 0.802. The molecule has 74 valence electrons. The second-order valence-corrected chi connectivity index (χ2v) is 3.28. The third-order valence-electron chi connectivity index (χ3n) is 2.04. The summed E-state index contributed by atoms with van der Waals surface area (Å²) in [4.78, 5) is 19.8. The van der Waals surface area contributed by atoms with Crippen molar-refractivity contribution in [1.82, 2.24) is 4.98 Å². The fraction of sp³-hybridized carbons (Fsp3) is 0.400. The van der Waals surface area contributed by atoms with Gasteiger partial charge in [-0.1, -0.05) is 0 Å². The van der Waals surface area contributed by atoms with Crippen LogP contribution in [0.3, 0.4) is 0 Å². The van der Waals surface area contributed by atoms with E-state index in [1.165, 1.54) is 6.08 Å². The number of hydrogen-bond donors (Lipinski definition) is 0. The molecule has 0 aromatic carbocycles. The SMILES string of the molecule is CC(C)N(C)c1cc(N=C=O)ccn1. The number of isocyanates is 1. The normalized spacial score (nSPS) is 9.71. The van der Waals surface area contributed by atoms with Crippen LogP contribution in [0.2, 0.25) is 0 Å². The molecule has 4 nitrogen and oxygen atoms in total. The molecule has 1 heterocycles. The summed E-state index contributed by atoms with van der Waals surface area (Å²) in [5.41, 5.74) is 0.581. The Morgan fingerprint density at radius 2 is 2.29 bits per heavy atom. The molecule has 0 saturated heterocycles. The Morgan fingerprint density at radius 3 is 2.86 bits per heavy atom. The largest absolute Gasteiger partial charge is 0.357 e. The first-order valence-electron chi connectivity index (χ1n) is 4.42. The van der Waals surface area contributed by atoms with Crippen LogP contribution in [0.4, 0.5) is 11.5 Å². The number of rotatable bonds is 3. The highest BCUT2D eigenvalue weighted by molar-refractivity contribution is 5.54. The standard InChI is InChI=1S/C10H13N3O/c1-8(2)13(3)10-6-9(12-7-14)4-5-11-10/h4-6,8H,1-3H3. The number of nitrogens with zero attached hydrogens (tertiary/aromatic N) is 3. The molecule has 0 saturated carbocycles. The van der Waals surface area contributed by atoms with Crippen molar-refractivity contribution >= 4 is 17.6 Å². The van der Waals surface area contributed by atoms with Crippen LogP contribution in [0, 0.1) is 0 Å². The van der Waals surface area contributed by atoms with Crippen molar-refractivity contribution < 1.29 is 4.79 Å². The molecule has 0 unspecified atom stereocenters. The van der Waals surface area contributed by atoms with Gasteiger partial charge in [0.1, 0.15) is 5.82 Å². The quantitative estimate of drug-likeness (QED) is 0.541. The molecule has 1 aromatic heterocycles. The van der Waals surface area contributed by atoms with Crippen molar-refractivity contribution in [2.24, 2.45) is 4.99 Å². The lowest BCUT2D eigenvalue weighted by Crippen LogP contribution is -2.26. The Kier molecular flexibility index (Phi) is 3.37. The van der Waals surface area contributed by atoms with Gasteiger partial charge < -0.3 is 4.90 Å². The summed E-state index contributed by atoms with van der Waals surface area (Å²) in [5, 5.41) is 0. The summed E-state index contributed by atoms with van der Waals surface area (Å²) in [6.45, 7) is 4.13. The molecule has 1 aromatic rings. The molecule has 0 atom stereocenters. The Balaban J connectivity index is 2.99. The lowest BCUT2D eigenvalue weighted by molar-refractivity contribution is 0.565. The fourth-order valence-corrected chi connectivity index (χ4v) is 0.987. The van der Waals surface area contributed by atoms with Gasteiger partial charge in [0.05, 0.1) is 5.69 Å². The van der Waals surface area contributed by atoms with Crippen molar-refractivity contribution in [2.75, 3.05) is 11.9 Å². The van der Waals surface area contributed by atoms with Gasteiger partial charge in [-0.05, 0) is 19.9 Å². The van der Waals surface area contributed by atoms with Crippen molar-refractivity contribution in [3.8, 4) is 0 Å². The first-order chi connectivity index (χ1) is 6.65. The average molecular weight is 191 g/mol. The number of pyridine rings is 1. The summed E-state index contributed by atoms with van der Waals surface area (Å²) < 4.78 is 0. The molecular weight excluding hydrogens is 178 g/mol. The topological polar surface area (TPSA) is 45.6 Å². The van der Waals surface area contributed by atoms with E-state index in [0.717, 1.165) is 5.82 Å². The highest BCUT2D eigenvalue weighted by atomic mass is 16.1. The third kappa shape index (κ3) is 2.41. The fourth-order valence-electron chi connectivity index (χ4n) is 0.987. The van der Waals surface area contributed by atoms with Gasteiger partial charge in [0, 0.05) is 25.4 Å². The number of aliphatic imine (C=N–C) groups is 1. The van der Waals surface area contributed by atoms with E-state index >= 15 is 0 Å². The molecule has 14 heavy (non-hydrogen) atoms. The highest BCUT2D eigenvalue weighted by Gasteiger charge is 2.06. The minimum atomic E-state index is 0.359. The Morgan fingerprint density at radius 1 is 1.57 bits per heavy atom. The number of aromatic nitrogens is 1. The number of carbonyl (C=O) groups excluding carboxylic acids is 1. The molecule has 0 radical (unpaired) electrons. The second kappa shape index (κ2) is 4.53. The zero-order chi connectivity index (χ0) is 10.6. The van der Waals surface area contributed by atoms with Crippen molar-refractivity contribution in [2.45, 2.75) is 19.9 Å². The van der Waals surface area contributed by atoms with E-state index in [0.29, 0.717) is 11.7 Å². The molecule has 1 rings (SSSR count).